The summed E-state index contributed by atoms with van der Waals surface area (Å²) in [6, 6.07) is 7.86. The highest BCUT2D eigenvalue weighted by Crippen LogP contribution is 2.20. The number of pyridine rings is 1. The van der Waals surface area contributed by atoms with Crippen molar-refractivity contribution < 1.29 is 0 Å². The van der Waals surface area contributed by atoms with Crippen LogP contribution in [0.5, 0.6) is 0 Å². The van der Waals surface area contributed by atoms with E-state index in [1.807, 2.05) is 43.7 Å². The van der Waals surface area contributed by atoms with Crippen LogP contribution in [0.1, 0.15) is 44.9 Å². The minimum absolute atomic E-state index is 0.126. The zero-order valence-corrected chi connectivity index (χ0v) is 20.0. The smallest absolute Gasteiger partial charge is 0.192 e. The number of benzene rings is 1. The lowest BCUT2D eigenvalue weighted by Crippen LogP contribution is -2.18. The number of fused-ring (bicyclic) bond motifs is 1. The molecule has 0 atom stereocenters. The highest BCUT2D eigenvalue weighted by molar-refractivity contribution is 8.38. The highest BCUT2D eigenvalue weighted by Gasteiger charge is 2.13. The van der Waals surface area contributed by atoms with Crippen molar-refractivity contribution in [3.63, 3.8) is 0 Å². The molecule has 2 aromatic rings. The van der Waals surface area contributed by atoms with Gasteiger partial charge in [-0.3, -0.25) is 4.79 Å². The van der Waals surface area contributed by atoms with Gasteiger partial charge in [-0.05, 0) is 65.2 Å². The third-order valence-corrected chi connectivity index (χ3v) is 6.92. The normalized spacial score (nSPS) is 11.6. The molecule has 29 heavy (non-hydrogen) atoms. The molecule has 0 fully saturated rings. The van der Waals surface area contributed by atoms with Crippen LogP contribution in [-0.2, 0) is 13.1 Å². The average Bonchev–Trinajstić information content (AvgIpc) is 2.71. The maximum atomic E-state index is 13.0. The van der Waals surface area contributed by atoms with Crippen LogP contribution in [0, 0.1) is 6.92 Å². The van der Waals surface area contributed by atoms with E-state index in [0.717, 1.165) is 45.8 Å². The molecule has 1 aromatic heterocycles. The molecule has 0 saturated carbocycles. The molecule has 1 heterocycles. The van der Waals surface area contributed by atoms with E-state index >= 15 is 0 Å². The van der Waals surface area contributed by atoms with Gasteiger partial charge in [-0.1, -0.05) is 35.4 Å². The molecule has 2 rings (SSSR count). The molecule has 0 radical (unpaired) electrons. The lowest BCUT2D eigenvalue weighted by molar-refractivity contribution is 0.715. The van der Waals surface area contributed by atoms with E-state index in [9.17, 15) is 4.79 Å². The van der Waals surface area contributed by atoms with Crippen molar-refractivity contribution in [1.82, 2.24) is 4.57 Å². The second kappa shape index (κ2) is 11.5. The zero-order chi connectivity index (χ0) is 21.4. The van der Waals surface area contributed by atoms with Gasteiger partial charge >= 0.3 is 0 Å². The van der Waals surface area contributed by atoms with Gasteiger partial charge in [0.05, 0.1) is 5.52 Å². The molecule has 0 N–H and O–H groups in total. The first-order valence-corrected chi connectivity index (χ1v) is 12.4. The molecule has 0 unspecified atom stereocenters. The van der Waals surface area contributed by atoms with E-state index < -0.39 is 0 Å². The Morgan fingerprint density at radius 1 is 1.10 bits per heavy atom. The fraction of sp³-hybridized carbons (Fsp3) is 0.417. The number of allylic oxidation sites excluding steroid dienone is 4. The summed E-state index contributed by atoms with van der Waals surface area (Å²) in [5, 5.41) is 0.767. The Kier molecular flexibility index (Phi) is 9.31. The molecule has 0 aliphatic carbocycles. The lowest BCUT2D eigenvalue weighted by atomic mass is 10.0. The van der Waals surface area contributed by atoms with Gasteiger partial charge in [-0.15, -0.1) is 23.5 Å². The predicted molar refractivity (Wildman–Crippen MR) is 134 cm³/mol. The second-order valence-electron chi connectivity index (χ2n) is 7.39. The van der Waals surface area contributed by atoms with Crippen molar-refractivity contribution in [3.8, 4) is 0 Å². The van der Waals surface area contributed by atoms with Gasteiger partial charge in [0.25, 0.3) is 0 Å². The Labute approximate surface area is 183 Å². The largest absolute Gasteiger partial charge is 0.324 e. The first-order valence-electron chi connectivity index (χ1n) is 9.91. The van der Waals surface area contributed by atoms with Crippen LogP contribution in [-0.4, -0.2) is 21.5 Å². The van der Waals surface area contributed by atoms with Crippen molar-refractivity contribution in [2.75, 3.05) is 12.5 Å². The number of thioether (sulfide) groups is 2. The van der Waals surface area contributed by atoms with E-state index in [2.05, 4.69) is 37.5 Å². The quantitative estimate of drug-likeness (QED) is 0.284. The van der Waals surface area contributed by atoms with Gasteiger partial charge < -0.3 is 4.57 Å². The molecular formula is C24H32N2OS2. The van der Waals surface area contributed by atoms with E-state index in [0.29, 0.717) is 6.67 Å². The summed E-state index contributed by atoms with van der Waals surface area (Å²) in [4.78, 5) is 17.7. The molecule has 0 bridgehead atoms. The van der Waals surface area contributed by atoms with E-state index in [-0.39, 0.29) is 5.43 Å². The molecule has 0 aliphatic heterocycles. The van der Waals surface area contributed by atoms with Crippen molar-refractivity contribution in [2.45, 2.75) is 53.6 Å². The summed E-state index contributed by atoms with van der Waals surface area (Å²) in [5.74, 6) is 0. The summed E-state index contributed by atoms with van der Waals surface area (Å²) in [6.07, 6.45) is 11.5. The summed E-state index contributed by atoms with van der Waals surface area (Å²) >= 11 is 3.32. The first kappa shape index (κ1) is 23.6. The Morgan fingerprint density at radius 3 is 2.45 bits per heavy atom. The van der Waals surface area contributed by atoms with Crippen molar-refractivity contribution >= 4 is 38.8 Å². The standard InChI is InChI=1S/C24H32N2OS2/c1-17(2)10-9-11-18(3)14-15-21-19(4)23(27)20-12-7-8-13-22(20)26(21)16-25-24(28-5)29-6/h7-8,10,12-14H,9,11,15-16H2,1-6H3. The van der Waals surface area contributed by atoms with E-state index in [1.165, 1.54) is 11.1 Å². The number of aliphatic imine (C=N–C) groups is 1. The van der Waals surface area contributed by atoms with Crippen LogP contribution < -0.4 is 5.43 Å². The van der Waals surface area contributed by atoms with Crippen molar-refractivity contribution in [1.29, 1.82) is 0 Å². The molecular weight excluding hydrogens is 396 g/mol. The van der Waals surface area contributed by atoms with Gasteiger partial charge in [0.1, 0.15) is 11.0 Å². The number of rotatable bonds is 7. The minimum atomic E-state index is 0.126. The molecule has 5 heteroatoms. The van der Waals surface area contributed by atoms with Crippen LogP contribution >= 0.6 is 23.5 Å². The third-order valence-electron chi connectivity index (χ3n) is 4.96. The lowest BCUT2D eigenvalue weighted by Gasteiger charge is -2.17. The first-order chi connectivity index (χ1) is 13.9. The number of nitrogens with zero attached hydrogens (tertiary/aromatic N) is 2. The number of aromatic nitrogens is 1. The van der Waals surface area contributed by atoms with Crippen molar-refractivity contribution in [2.24, 2.45) is 4.99 Å². The van der Waals surface area contributed by atoms with Gasteiger partial charge in [0.15, 0.2) is 5.43 Å². The summed E-state index contributed by atoms with van der Waals surface area (Å²) in [5.41, 5.74) is 5.67. The molecule has 0 spiro atoms. The van der Waals surface area contributed by atoms with E-state index in [1.54, 1.807) is 23.5 Å². The SMILES string of the molecule is CSC(=NCn1c(CC=C(C)CCC=C(C)C)c(C)c(=O)c2ccccc21)SC. The van der Waals surface area contributed by atoms with Crippen molar-refractivity contribution in [3.05, 3.63) is 69.0 Å². The maximum absolute atomic E-state index is 13.0. The Balaban J connectivity index is 2.48. The van der Waals surface area contributed by atoms with Gasteiger partial charge in [-0.25, -0.2) is 4.99 Å². The highest BCUT2D eigenvalue weighted by atomic mass is 32.2. The average molecular weight is 429 g/mol. The molecule has 0 saturated heterocycles. The molecule has 1 aromatic carbocycles. The van der Waals surface area contributed by atoms with E-state index in [4.69, 9.17) is 4.99 Å². The molecule has 0 aliphatic rings. The Morgan fingerprint density at radius 2 is 1.79 bits per heavy atom. The number of hydrogen-bond donors (Lipinski definition) is 0. The Hall–Kier alpha value is -1.72. The molecule has 3 nitrogen and oxygen atoms in total. The third kappa shape index (κ3) is 6.38. The monoisotopic (exact) mass is 428 g/mol. The molecule has 0 amide bonds. The zero-order valence-electron chi connectivity index (χ0n) is 18.4. The van der Waals surface area contributed by atoms with Crippen LogP contribution in [0.2, 0.25) is 0 Å². The van der Waals surface area contributed by atoms with Gasteiger partial charge in [-0.2, -0.15) is 0 Å². The second-order valence-corrected chi connectivity index (χ2v) is 9.24. The molecule has 156 valence electrons. The Bertz CT molecular complexity index is 990. The number of hydrogen-bond acceptors (Lipinski definition) is 4. The fourth-order valence-electron chi connectivity index (χ4n) is 3.31. The fourth-order valence-corrected chi connectivity index (χ4v) is 4.35. The van der Waals surface area contributed by atoms with Gasteiger partial charge in [0, 0.05) is 23.1 Å². The van der Waals surface area contributed by atoms with Crippen LogP contribution in [0.15, 0.2) is 57.4 Å². The minimum Gasteiger partial charge on any atom is -0.324 e. The summed E-state index contributed by atoms with van der Waals surface area (Å²) in [6.45, 7) is 8.91. The summed E-state index contributed by atoms with van der Waals surface area (Å²) in [7, 11) is 0. The topological polar surface area (TPSA) is 34.4 Å². The number of para-hydroxylation sites is 1. The maximum Gasteiger partial charge on any atom is 0.192 e. The predicted octanol–water partition coefficient (Wildman–Crippen LogP) is 6.58. The van der Waals surface area contributed by atoms with Crippen LogP contribution in [0.25, 0.3) is 10.9 Å². The van der Waals surface area contributed by atoms with Gasteiger partial charge in [0.2, 0.25) is 0 Å². The van der Waals surface area contributed by atoms with Crippen LogP contribution in [0.4, 0.5) is 0 Å². The van der Waals surface area contributed by atoms with Crippen LogP contribution in [0.3, 0.4) is 0 Å². The summed E-state index contributed by atoms with van der Waals surface area (Å²) < 4.78 is 3.25.